The number of amides is 1. The lowest BCUT2D eigenvalue weighted by molar-refractivity contribution is -0.0358. The highest BCUT2D eigenvalue weighted by atomic mass is 19.1. The van der Waals surface area contributed by atoms with Crippen molar-refractivity contribution in [2.75, 3.05) is 13.1 Å². The van der Waals surface area contributed by atoms with Crippen LogP contribution in [0.1, 0.15) is 140 Å². The molecule has 6 aromatic rings. The summed E-state index contributed by atoms with van der Waals surface area (Å²) >= 11 is 0. The maximum atomic E-state index is 14.6. The fourth-order valence-electron chi connectivity index (χ4n) is 9.85. The van der Waals surface area contributed by atoms with Gasteiger partial charge in [-0.05, 0) is 98.9 Å². The smallest absolute Gasteiger partial charge is 0.338 e. The van der Waals surface area contributed by atoms with Crippen molar-refractivity contribution in [3.63, 3.8) is 0 Å². The molecule has 0 atom stereocenters. The summed E-state index contributed by atoms with van der Waals surface area (Å²) in [5, 5.41) is 24.6. The number of carboxylic acids is 1. The standard InChI is InChI=1S/C26H28FN3O3.C16H11FN2O3.C11H20O/c27-23-10-9-17(16-24-20-7-3-4-8-21(20)25(31)29-28-24)15-22(23)26(32)30-13-11-19(12-14-30)33-18-5-1-2-6-18;17-13-6-5-9(7-12(13)16(21)22)8-14-10-3-1-2-4-11(10)15(20)19-18-14;1-2-6-10(7-3-1)12-11-8-4-5-9-11/h3-4,7-10,15,18-19H,1-2,5-6,11-14,16H2,(H,29,31);1-7H,8H2,(H,19,20)(H,21,22);10-11H,1-9H2. The third-order valence-corrected chi connectivity index (χ3v) is 13.5. The van der Waals surface area contributed by atoms with Gasteiger partial charge in [0.05, 0.1) is 57.7 Å². The molecule has 10 rings (SSSR count). The van der Waals surface area contributed by atoms with E-state index < -0.39 is 17.6 Å². The summed E-state index contributed by atoms with van der Waals surface area (Å²) < 4.78 is 40.3. The number of likely N-dealkylation sites (tertiary alicyclic amines) is 1. The van der Waals surface area contributed by atoms with Gasteiger partial charge in [0.2, 0.25) is 0 Å². The zero-order chi connectivity index (χ0) is 46.7. The van der Waals surface area contributed by atoms with Crippen molar-refractivity contribution >= 4 is 33.4 Å². The first-order valence-electron chi connectivity index (χ1n) is 23.9. The monoisotopic (exact) mass is 915 g/mol. The predicted octanol–water partition coefficient (Wildman–Crippen LogP) is 9.85. The van der Waals surface area contributed by atoms with Gasteiger partial charge in [-0.3, -0.25) is 14.4 Å². The Balaban J connectivity index is 0.000000153. The molecule has 3 N–H and O–H groups in total. The fraction of sp³-hybridized carbons (Fsp3) is 0.434. The van der Waals surface area contributed by atoms with Crippen LogP contribution in [0.2, 0.25) is 0 Å². The second kappa shape index (κ2) is 22.6. The molecule has 4 fully saturated rings. The normalized spacial score (nSPS) is 17.3. The number of aromatic carboxylic acids is 1. The van der Waals surface area contributed by atoms with E-state index >= 15 is 0 Å². The van der Waals surface area contributed by atoms with E-state index in [1.807, 2.05) is 12.1 Å². The molecule has 4 aliphatic rings. The first kappa shape index (κ1) is 47.4. The molecule has 14 heteroatoms. The van der Waals surface area contributed by atoms with E-state index in [9.17, 15) is 28.0 Å². The van der Waals surface area contributed by atoms with Crippen molar-refractivity contribution in [1.29, 1.82) is 0 Å². The van der Waals surface area contributed by atoms with E-state index in [0.29, 0.717) is 70.9 Å². The van der Waals surface area contributed by atoms with Crippen LogP contribution in [0, 0.1) is 11.6 Å². The molecule has 3 aliphatic carbocycles. The number of fused-ring (bicyclic) bond motifs is 2. The number of aromatic nitrogens is 4. The topological polar surface area (TPSA) is 168 Å². The van der Waals surface area contributed by atoms with Crippen LogP contribution in [0.5, 0.6) is 0 Å². The summed E-state index contributed by atoms with van der Waals surface area (Å²) in [4.78, 5) is 49.6. The van der Waals surface area contributed by atoms with Crippen molar-refractivity contribution in [3.05, 3.63) is 151 Å². The molecule has 352 valence electrons. The third kappa shape index (κ3) is 12.3. The molecule has 0 unspecified atom stereocenters. The zero-order valence-electron chi connectivity index (χ0n) is 37.8. The summed E-state index contributed by atoms with van der Waals surface area (Å²) in [6.07, 6.45) is 21.2. The maximum absolute atomic E-state index is 14.6. The number of carbonyl (C=O) groups excluding carboxylic acids is 1. The Kier molecular flexibility index (Phi) is 16.0. The number of hydrogen-bond donors (Lipinski definition) is 3. The van der Waals surface area contributed by atoms with Crippen molar-refractivity contribution in [2.45, 2.75) is 134 Å². The summed E-state index contributed by atoms with van der Waals surface area (Å²) in [5.74, 6) is -2.91. The molecule has 3 saturated carbocycles. The lowest BCUT2D eigenvalue weighted by atomic mass is 9.97. The van der Waals surface area contributed by atoms with Crippen LogP contribution in [-0.4, -0.2) is 79.8 Å². The highest BCUT2D eigenvalue weighted by molar-refractivity contribution is 5.95. The van der Waals surface area contributed by atoms with Crippen molar-refractivity contribution in [1.82, 2.24) is 25.3 Å². The van der Waals surface area contributed by atoms with Gasteiger partial charge >= 0.3 is 5.97 Å². The maximum Gasteiger partial charge on any atom is 0.338 e. The van der Waals surface area contributed by atoms with Crippen molar-refractivity contribution in [2.24, 2.45) is 0 Å². The van der Waals surface area contributed by atoms with Crippen molar-refractivity contribution in [3.8, 4) is 0 Å². The molecular formula is C53H59F2N5O7. The van der Waals surface area contributed by atoms with Gasteiger partial charge in [-0.2, -0.15) is 10.2 Å². The molecule has 2 aromatic heterocycles. The number of carboxylic acid groups (broad SMARTS) is 1. The van der Waals surface area contributed by atoms with Gasteiger partial charge in [-0.25, -0.2) is 23.8 Å². The summed E-state index contributed by atoms with van der Waals surface area (Å²) in [7, 11) is 0. The van der Waals surface area contributed by atoms with Crippen LogP contribution in [-0.2, 0) is 22.3 Å². The van der Waals surface area contributed by atoms with Gasteiger partial charge in [0, 0.05) is 36.7 Å². The highest BCUT2D eigenvalue weighted by Crippen LogP contribution is 2.29. The van der Waals surface area contributed by atoms with Crippen LogP contribution in [0.25, 0.3) is 21.5 Å². The Morgan fingerprint density at radius 3 is 1.39 bits per heavy atom. The Labute approximate surface area is 388 Å². The van der Waals surface area contributed by atoms with Gasteiger partial charge in [0.1, 0.15) is 11.6 Å². The van der Waals surface area contributed by atoms with E-state index in [-0.39, 0.29) is 40.7 Å². The minimum absolute atomic E-state index is 0.0800. The second-order valence-corrected chi connectivity index (χ2v) is 18.2. The molecule has 0 spiro atoms. The number of benzene rings is 4. The average Bonchev–Trinajstić information content (AvgIpc) is 4.08. The van der Waals surface area contributed by atoms with E-state index in [1.165, 1.54) is 88.8 Å². The Bertz CT molecular complexity index is 2770. The number of aromatic amines is 2. The summed E-state index contributed by atoms with van der Waals surface area (Å²) in [5.41, 5.74) is 1.81. The number of H-pyrrole nitrogens is 2. The number of halogens is 2. The molecule has 4 aromatic carbocycles. The molecule has 3 heterocycles. The molecule has 67 heavy (non-hydrogen) atoms. The fourth-order valence-corrected chi connectivity index (χ4v) is 9.85. The Hall–Kier alpha value is -6.12. The Morgan fingerprint density at radius 1 is 0.552 bits per heavy atom. The van der Waals surface area contributed by atoms with E-state index in [0.717, 1.165) is 42.7 Å². The van der Waals surface area contributed by atoms with Gasteiger partial charge in [0.25, 0.3) is 17.0 Å². The van der Waals surface area contributed by atoms with Gasteiger partial charge in [-0.15, -0.1) is 0 Å². The zero-order valence-corrected chi connectivity index (χ0v) is 37.8. The quantitative estimate of drug-likeness (QED) is 0.121. The number of carbonyl (C=O) groups is 2. The number of nitrogens with zero attached hydrogens (tertiary/aromatic N) is 3. The largest absolute Gasteiger partial charge is 0.478 e. The van der Waals surface area contributed by atoms with Crippen LogP contribution in [0.3, 0.4) is 0 Å². The number of hydrogen-bond acceptors (Lipinski definition) is 8. The molecule has 1 saturated heterocycles. The van der Waals surface area contributed by atoms with Gasteiger partial charge in [-0.1, -0.05) is 93.5 Å². The van der Waals surface area contributed by atoms with E-state index in [4.69, 9.17) is 14.6 Å². The van der Waals surface area contributed by atoms with Crippen LogP contribution >= 0.6 is 0 Å². The third-order valence-electron chi connectivity index (χ3n) is 13.5. The molecule has 0 bridgehead atoms. The summed E-state index contributed by atoms with van der Waals surface area (Å²) in [6.45, 7) is 1.15. The molecule has 1 amide bonds. The van der Waals surface area contributed by atoms with E-state index in [1.54, 1.807) is 53.4 Å². The first-order chi connectivity index (χ1) is 32.6. The minimum atomic E-state index is -1.32. The second-order valence-electron chi connectivity index (χ2n) is 18.2. The van der Waals surface area contributed by atoms with Crippen LogP contribution in [0.15, 0.2) is 94.5 Å². The average molecular weight is 916 g/mol. The van der Waals surface area contributed by atoms with Gasteiger partial charge in [0.15, 0.2) is 0 Å². The van der Waals surface area contributed by atoms with E-state index in [2.05, 4.69) is 20.4 Å². The number of nitrogens with one attached hydrogen (secondary N) is 2. The molecule has 12 nitrogen and oxygen atoms in total. The minimum Gasteiger partial charge on any atom is -0.478 e. The number of rotatable bonds is 10. The predicted molar refractivity (Wildman–Crippen MR) is 253 cm³/mol. The lowest BCUT2D eigenvalue weighted by Gasteiger charge is -2.33. The number of piperidine rings is 1. The van der Waals surface area contributed by atoms with Gasteiger partial charge < -0.3 is 19.5 Å². The SMILES string of the molecule is C1CCC(OC2CCCC2)CC1.O=C(O)c1cc(Cc2n[nH]c(=O)c3ccccc23)ccc1F.O=C(c1cc(Cc2n[nH]c(=O)c3ccccc23)ccc1F)N1CCC(OC2CCCC2)CC1. The van der Waals surface area contributed by atoms with Crippen LogP contribution < -0.4 is 11.1 Å². The summed E-state index contributed by atoms with van der Waals surface area (Å²) in [6, 6.07) is 22.8. The van der Waals surface area contributed by atoms with Crippen LogP contribution in [0.4, 0.5) is 8.78 Å². The van der Waals surface area contributed by atoms with Crippen molar-refractivity contribution < 1.29 is 33.0 Å². The molecule has 1 aliphatic heterocycles. The molecular weight excluding hydrogens is 857 g/mol. The first-order valence-corrected chi connectivity index (χ1v) is 23.9. The highest BCUT2D eigenvalue weighted by Gasteiger charge is 2.29. The Morgan fingerprint density at radius 2 is 0.940 bits per heavy atom. The molecule has 0 radical (unpaired) electrons. The lowest BCUT2D eigenvalue weighted by Crippen LogP contribution is -2.42. The number of ether oxygens (including phenoxy) is 2.